The molecule has 104 valence electrons. The molecule has 0 aromatic heterocycles. The lowest BCUT2D eigenvalue weighted by molar-refractivity contribution is 0.178. The summed E-state index contributed by atoms with van der Waals surface area (Å²) in [6, 6.07) is 0.670. The first-order chi connectivity index (χ1) is 8.11. The highest BCUT2D eigenvalue weighted by Crippen LogP contribution is 2.04. The Morgan fingerprint density at radius 2 is 1.76 bits per heavy atom. The van der Waals surface area contributed by atoms with Gasteiger partial charge in [-0.1, -0.05) is 20.3 Å². The van der Waals surface area contributed by atoms with Crippen molar-refractivity contribution in [1.29, 1.82) is 0 Å². The minimum Gasteiger partial charge on any atom is -0.317 e. The fourth-order valence-corrected chi connectivity index (χ4v) is 2.25. The molecule has 0 bridgehead atoms. The molecular formula is C14H33N3. The zero-order valence-electron chi connectivity index (χ0n) is 12.6. The summed E-state index contributed by atoms with van der Waals surface area (Å²) in [4.78, 5) is 4.87. The molecule has 0 aromatic carbocycles. The van der Waals surface area contributed by atoms with E-state index >= 15 is 0 Å². The van der Waals surface area contributed by atoms with Gasteiger partial charge in [-0.3, -0.25) is 4.90 Å². The van der Waals surface area contributed by atoms with Crippen molar-refractivity contribution in [3.8, 4) is 0 Å². The predicted octanol–water partition coefficient (Wildman–Crippen LogP) is 2.04. The summed E-state index contributed by atoms with van der Waals surface area (Å²) in [5.74, 6) is 0. The van der Waals surface area contributed by atoms with Gasteiger partial charge >= 0.3 is 0 Å². The number of nitrogens with zero attached hydrogens (tertiary/aromatic N) is 2. The quantitative estimate of drug-likeness (QED) is 0.560. The number of likely N-dealkylation sites (N-methyl/N-ethyl adjacent to an activating group) is 2. The van der Waals surface area contributed by atoms with Gasteiger partial charge in [0.2, 0.25) is 0 Å². The fraction of sp³-hybridized carbons (Fsp3) is 1.00. The molecule has 0 fully saturated rings. The van der Waals surface area contributed by atoms with Crippen molar-refractivity contribution in [1.82, 2.24) is 15.1 Å². The Kier molecular flexibility index (Phi) is 10.9. The molecule has 0 aliphatic carbocycles. The smallest absolute Gasteiger partial charge is 0.0194 e. The second-order valence-corrected chi connectivity index (χ2v) is 5.15. The van der Waals surface area contributed by atoms with Gasteiger partial charge in [-0.25, -0.2) is 0 Å². The Balaban J connectivity index is 3.60. The summed E-state index contributed by atoms with van der Waals surface area (Å²) in [6.45, 7) is 12.6. The normalized spacial score (nSPS) is 13.6. The van der Waals surface area contributed by atoms with Crippen LogP contribution in [-0.2, 0) is 0 Å². The molecule has 1 N–H and O–H groups in total. The molecule has 0 aromatic rings. The number of unbranched alkanes of at least 4 members (excludes halogenated alkanes) is 2. The van der Waals surface area contributed by atoms with E-state index in [1.54, 1.807) is 0 Å². The molecule has 0 saturated heterocycles. The third-order valence-electron chi connectivity index (χ3n) is 3.21. The van der Waals surface area contributed by atoms with Crippen molar-refractivity contribution < 1.29 is 0 Å². The molecule has 0 radical (unpaired) electrons. The summed E-state index contributed by atoms with van der Waals surface area (Å²) >= 11 is 0. The maximum absolute atomic E-state index is 3.38. The summed E-state index contributed by atoms with van der Waals surface area (Å²) in [7, 11) is 4.31. The van der Waals surface area contributed by atoms with E-state index in [9.17, 15) is 0 Å². The van der Waals surface area contributed by atoms with Crippen molar-refractivity contribution in [2.45, 2.75) is 46.1 Å². The Labute approximate surface area is 109 Å². The number of rotatable bonds is 11. The van der Waals surface area contributed by atoms with E-state index in [-0.39, 0.29) is 0 Å². The molecule has 0 amide bonds. The summed E-state index contributed by atoms with van der Waals surface area (Å²) < 4.78 is 0. The zero-order chi connectivity index (χ0) is 13.1. The lowest BCUT2D eigenvalue weighted by Gasteiger charge is -2.29. The van der Waals surface area contributed by atoms with Crippen LogP contribution in [0.4, 0.5) is 0 Å². The molecule has 0 saturated carbocycles. The van der Waals surface area contributed by atoms with E-state index in [1.165, 1.54) is 38.9 Å². The largest absolute Gasteiger partial charge is 0.317 e. The molecule has 0 aliphatic rings. The molecule has 0 aliphatic heterocycles. The van der Waals surface area contributed by atoms with Crippen LogP contribution in [0.2, 0.25) is 0 Å². The first-order valence-corrected chi connectivity index (χ1v) is 7.21. The van der Waals surface area contributed by atoms with E-state index in [4.69, 9.17) is 0 Å². The van der Waals surface area contributed by atoms with Gasteiger partial charge in [0.15, 0.2) is 0 Å². The fourth-order valence-electron chi connectivity index (χ4n) is 2.25. The molecule has 3 nitrogen and oxygen atoms in total. The van der Waals surface area contributed by atoms with Crippen molar-refractivity contribution in [3.63, 3.8) is 0 Å². The standard InChI is InChI=1S/C14H33N3/c1-6-15-11-9-8-10-12-17(7-2)14(3)13-16(4)5/h14-15H,6-13H2,1-5H3. The van der Waals surface area contributed by atoms with Crippen LogP contribution >= 0.6 is 0 Å². The molecule has 1 unspecified atom stereocenters. The lowest BCUT2D eigenvalue weighted by Crippen LogP contribution is -2.40. The van der Waals surface area contributed by atoms with Crippen LogP contribution in [0.1, 0.15) is 40.0 Å². The van der Waals surface area contributed by atoms with Crippen LogP contribution in [0.25, 0.3) is 0 Å². The van der Waals surface area contributed by atoms with Gasteiger partial charge in [0.1, 0.15) is 0 Å². The van der Waals surface area contributed by atoms with Crippen LogP contribution in [0.15, 0.2) is 0 Å². The Bertz CT molecular complexity index is 160. The van der Waals surface area contributed by atoms with Crippen LogP contribution in [0.5, 0.6) is 0 Å². The van der Waals surface area contributed by atoms with E-state index in [2.05, 4.69) is 50.0 Å². The highest BCUT2D eigenvalue weighted by Gasteiger charge is 2.11. The first-order valence-electron chi connectivity index (χ1n) is 7.21. The Hall–Kier alpha value is -0.120. The third-order valence-corrected chi connectivity index (χ3v) is 3.21. The second-order valence-electron chi connectivity index (χ2n) is 5.15. The average molecular weight is 243 g/mol. The third kappa shape index (κ3) is 9.57. The molecule has 1 atom stereocenters. The highest BCUT2D eigenvalue weighted by atomic mass is 15.2. The lowest BCUT2D eigenvalue weighted by atomic mass is 10.2. The molecule has 0 heterocycles. The Morgan fingerprint density at radius 1 is 1.06 bits per heavy atom. The number of hydrogen-bond donors (Lipinski definition) is 1. The van der Waals surface area contributed by atoms with E-state index < -0.39 is 0 Å². The van der Waals surface area contributed by atoms with Crippen molar-refractivity contribution >= 4 is 0 Å². The highest BCUT2D eigenvalue weighted by molar-refractivity contribution is 4.68. The molecular weight excluding hydrogens is 210 g/mol. The van der Waals surface area contributed by atoms with E-state index in [0.29, 0.717) is 6.04 Å². The van der Waals surface area contributed by atoms with Gasteiger partial charge < -0.3 is 10.2 Å². The summed E-state index contributed by atoms with van der Waals surface area (Å²) in [5, 5.41) is 3.38. The van der Waals surface area contributed by atoms with Gasteiger partial charge in [0.25, 0.3) is 0 Å². The maximum atomic E-state index is 3.38. The molecule has 0 rings (SSSR count). The number of nitrogens with one attached hydrogen (secondary N) is 1. The van der Waals surface area contributed by atoms with Gasteiger partial charge in [-0.2, -0.15) is 0 Å². The average Bonchev–Trinajstić information content (AvgIpc) is 2.27. The molecule has 3 heteroatoms. The van der Waals surface area contributed by atoms with E-state index in [1.807, 2.05) is 0 Å². The van der Waals surface area contributed by atoms with Crippen LogP contribution < -0.4 is 5.32 Å². The monoisotopic (exact) mass is 243 g/mol. The van der Waals surface area contributed by atoms with Crippen molar-refractivity contribution in [3.05, 3.63) is 0 Å². The second kappa shape index (κ2) is 11.0. The van der Waals surface area contributed by atoms with Crippen molar-refractivity contribution in [2.24, 2.45) is 0 Å². The van der Waals surface area contributed by atoms with Gasteiger partial charge in [0.05, 0.1) is 0 Å². The SMILES string of the molecule is CCNCCCCCN(CC)C(C)CN(C)C. The minimum absolute atomic E-state index is 0.670. The molecule has 17 heavy (non-hydrogen) atoms. The topological polar surface area (TPSA) is 18.5 Å². The van der Waals surface area contributed by atoms with Crippen LogP contribution in [0, 0.1) is 0 Å². The summed E-state index contributed by atoms with van der Waals surface area (Å²) in [6.07, 6.45) is 3.99. The predicted molar refractivity (Wildman–Crippen MR) is 77.7 cm³/mol. The zero-order valence-corrected chi connectivity index (χ0v) is 12.6. The van der Waals surface area contributed by atoms with Crippen LogP contribution in [-0.4, -0.2) is 62.7 Å². The molecule has 0 spiro atoms. The number of hydrogen-bond acceptors (Lipinski definition) is 3. The Morgan fingerprint density at radius 3 is 2.29 bits per heavy atom. The van der Waals surface area contributed by atoms with Gasteiger partial charge in [-0.05, 0) is 60.0 Å². The van der Waals surface area contributed by atoms with Crippen molar-refractivity contribution in [2.75, 3.05) is 46.8 Å². The summed E-state index contributed by atoms with van der Waals surface area (Å²) in [5.41, 5.74) is 0. The van der Waals surface area contributed by atoms with Crippen LogP contribution in [0.3, 0.4) is 0 Å². The van der Waals surface area contributed by atoms with Gasteiger partial charge in [-0.15, -0.1) is 0 Å². The van der Waals surface area contributed by atoms with E-state index in [0.717, 1.165) is 13.1 Å². The minimum atomic E-state index is 0.670. The van der Waals surface area contributed by atoms with Gasteiger partial charge in [0, 0.05) is 12.6 Å². The first kappa shape index (κ1) is 16.9. The maximum Gasteiger partial charge on any atom is 0.0194 e.